The van der Waals surface area contributed by atoms with Gasteiger partial charge < -0.3 is 9.84 Å². The lowest BCUT2D eigenvalue weighted by Gasteiger charge is -2.05. The Morgan fingerprint density at radius 3 is 2.48 bits per heavy atom. The second-order valence-corrected chi connectivity index (χ2v) is 5.09. The molecule has 116 valence electrons. The number of carboxylic acids is 1. The van der Waals surface area contributed by atoms with Gasteiger partial charge in [-0.1, -0.05) is 30.3 Å². The van der Waals surface area contributed by atoms with E-state index in [0.717, 1.165) is 16.9 Å². The van der Waals surface area contributed by atoms with E-state index in [1.807, 2.05) is 42.6 Å². The van der Waals surface area contributed by atoms with E-state index in [1.54, 1.807) is 28.9 Å². The Morgan fingerprint density at radius 2 is 1.78 bits per heavy atom. The summed E-state index contributed by atoms with van der Waals surface area (Å²) in [4.78, 5) is 10.6. The second-order valence-electron chi connectivity index (χ2n) is 5.09. The van der Waals surface area contributed by atoms with Crippen molar-refractivity contribution in [3.63, 3.8) is 0 Å². The molecule has 0 fully saturated rings. The highest BCUT2D eigenvalue weighted by atomic mass is 16.5. The molecule has 0 amide bonds. The van der Waals surface area contributed by atoms with Crippen molar-refractivity contribution in [1.29, 1.82) is 0 Å². The maximum atomic E-state index is 10.6. The molecule has 3 rings (SSSR count). The number of ether oxygens (including phenoxy) is 1. The van der Waals surface area contributed by atoms with E-state index >= 15 is 0 Å². The first-order valence-electron chi connectivity index (χ1n) is 7.24. The maximum Gasteiger partial charge on any atom is 0.307 e. The number of hydrogen-bond donors (Lipinski definition) is 1. The molecule has 5 heteroatoms. The van der Waals surface area contributed by atoms with Crippen molar-refractivity contribution < 1.29 is 14.6 Å². The van der Waals surface area contributed by atoms with E-state index in [0.29, 0.717) is 12.4 Å². The van der Waals surface area contributed by atoms with Crippen LogP contribution in [0.3, 0.4) is 0 Å². The SMILES string of the molecule is O=C(O)Cc1ccc(OCc2ccn(-c3ccccc3)n2)cc1. The lowest BCUT2D eigenvalue weighted by atomic mass is 10.1. The summed E-state index contributed by atoms with van der Waals surface area (Å²) in [6.45, 7) is 0.359. The van der Waals surface area contributed by atoms with Crippen LogP contribution in [0.4, 0.5) is 0 Å². The smallest absolute Gasteiger partial charge is 0.307 e. The molecule has 0 aliphatic heterocycles. The van der Waals surface area contributed by atoms with Gasteiger partial charge in [0.15, 0.2) is 0 Å². The van der Waals surface area contributed by atoms with Crippen LogP contribution in [0.5, 0.6) is 5.75 Å². The minimum absolute atomic E-state index is 0.0156. The number of benzene rings is 2. The molecule has 0 saturated carbocycles. The highest BCUT2D eigenvalue weighted by Gasteiger charge is 2.04. The lowest BCUT2D eigenvalue weighted by Crippen LogP contribution is -2.01. The van der Waals surface area contributed by atoms with Crippen molar-refractivity contribution in [2.24, 2.45) is 0 Å². The summed E-state index contributed by atoms with van der Waals surface area (Å²) in [5, 5.41) is 13.2. The van der Waals surface area contributed by atoms with Crippen molar-refractivity contribution in [2.75, 3.05) is 0 Å². The fourth-order valence-corrected chi connectivity index (χ4v) is 2.20. The number of aromatic nitrogens is 2. The third kappa shape index (κ3) is 3.97. The molecule has 0 radical (unpaired) electrons. The number of carbonyl (C=O) groups is 1. The molecule has 0 atom stereocenters. The summed E-state index contributed by atoms with van der Waals surface area (Å²) >= 11 is 0. The average molecular weight is 308 g/mol. The molecule has 1 N–H and O–H groups in total. The van der Waals surface area contributed by atoms with Gasteiger partial charge in [0.05, 0.1) is 12.1 Å². The van der Waals surface area contributed by atoms with E-state index in [4.69, 9.17) is 9.84 Å². The van der Waals surface area contributed by atoms with Gasteiger partial charge in [-0.15, -0.1) is 0 Å². The Hall–Kier alpha value is -3.08. The Bertz CT molecular complexity index is 780. The Labute approximate surface area is 133 Å². The predicted octanol–water partition coefficient (Wildman–Crippen LogP) is 3.08. The van der Waals surface area contributed by atoms with Crippen LogP contribution in [-0.4, -0.2) is 20.9 Å². The van der Waals surface area contributed by atoms with E-state index in [1.165, 1.54) is 0 Å². The van der Waals surface area contributed by atoms with Gasteiger partial charge in [0.25, 0.3) is 0 Å². The lowest BCUT2D eigenvalue weighted by molar-refractivity contribution is -0.136. The number of aliphatic carboxylic acids is 1. The van der Waals surface area contributed by atoms with Crippen molar-refractivity contribution in [3.05, 3.63) is 78.1 Å². The van der Waals surface area contributed by atoms with Gasteiger partial charge in [-0.05, 0) is 35.9 Å². The molecule has 5 nitrogen and oxygen atoms in total. The van der Waals surface area contributed by atoms with Crippen LogP contribution >= 0.6 is 0 Å². The van der Waals surface area contributed by atoms with Crippen LogP contribution in [0.25, 0.3) is 5.69 Å². The van der Waals surface area contributed by atoms with Gasteiger partial charge in [-0.25, -0.2) is 4.68 Å². The molecule has 0 bridgehead atoms. The molecule has 0 unspecified atom stereocenters. The predicted molar refractivity (Wildman–Crippen MR) is 85.7 cm³/mol. The van der Waals surface area contributed by atoms with Crippen molar-refractivity contribution in [3.8, 4) is 11.4 Å². The summed E-state index contributed by atoms with van der Waals surface area (Å²) in [6, 6.07) is 18.8. The highest BCUT2D eigenvalue weighted by molar-refractivity contribution is 5.70. The van der Waals surface area contributed by atoms with Crippen LogP contribution in [0, 0.1) is 0 Å². The first kappa shape index (κ1) is 14.8. The molecule has 0 saturated heterocycles. The molecule has 1 heterocycles. The highest BCUT2D eigenvalue weighted by Crippen LogP contribution is 2.15. The average Bonchev–Trinajstić information content (AvgIpc) is 3.04. The molecule has 23 heavy (non-hydrogen) atoms. The largest absolute Gasteiger partial charge is 0.487 e. The monoisotopic (exact) mass is 308 g/mol. The maximum absolute atomic E-state index is 10.6. The zero-order valence-electron chi connectivity index (χ0n) is 12.4. The van der Waals surface area contributed by atoms with Gasteiger partial charge >= 0.3 is 5.97 Å². The number of carboxylic acid groups (broad SMARTS) is 1. The summed E-state index contributed by atoms with van der Waals surface area (Å²) < 4.78 is 7.48. The number of nitrogens with zero attached hydrogens (tertiary/aromatic N) is 2. The molecule has 0 aliphatic carbocycles. The Morgan fingerprint density at radius 1 is 1.04 bits per heavy atom. The van der Waals surface area contributed by atoms with Gasteiger partial charge in [0, 0.05) is 6.20 Å². The standard InChI is InChI=1S/C18H16N2O3/c21-18(22)12-14-6-8-17(9-7-14)23-13-15-10-11-20(19-15)16-4-2-1-3-5-16/h1-11H,12-13H2,(H,21,22). The minimum Gasteiger partial charge on any atom is -0.487 e. The fraction of sp³-hybridized carbons (Fsp3) is 0.111. The van der Waals surface area contributed by atoms with Crippen molar-refractivity contribution in [1.82, 2.24) is 9.78 Å². The first-order chi connectivity index (χ1) is 11.2. The van der Waals surface area contributed by atoms with Crippen molar-refractivity contribution in [2.45, 2.75) is 13.0 Å². The number of hydrogen-bond acceptors (Lipinski definition) is 3. The topological polar surface area (TPSA) is 64.3 Å². The molecule has 1 aromatic heterocycles. The molecule has 3 aromatic rings. The normalized spacial score (nSPS) is 10.4. The van der Waals surface area contributed by atoms with Crippen LogP contribution < -0.4 is 4.74 Å². The van der Waals surface area contributed by atoms with Gasteiger partial charge in [-0.2, -0.15) is 5.10 Å². The summed E-state index contributed by atoms with van der Waals surface area (Å²) in [6.07, 6.45) is 1.91. The van der Waals surface area contributed by atoms with Crippen molar-refractivity contribution >= 4 is 5.97 Å². The first-order valence-corrected chi connectivity index (χ1v) is 7.24. The van der Waals surface area contributed by atoms with Gasteiger partial charge in [-0.3, -0.25) is 4.79 Å². The third-order valence-corrected chi connectivity index (χ3v) is 3.33. The fourth-order valence-electron chi connectivity index (χ4n) is 2.20. The number of rotatable bonds is 6. The number of para-hydroxylation sites is 1. The van der Waals surface area contributed by atoms with Crippen LogP contribution in [0.2, 0.25) is 0 Å². The Balaban J connectivity index is 1.60. The molecule has 2 aromatic carbocycles. The van der Waals surface area contributed by atoms with E-state index in [2.05, 4.69) is 5.10 Å². The van der Waals surface area contributed by atoms with Gasteiger partial charge in [0.1, 0.15) is 18.1 Å². The van der Waals surface area contributed by atoms with E-state index in [9.17, 15) is 4.79 Å². The summed E-state index contributed by atoms with van der Waals surface area (Å²) in [7, 11) is 0. The van der Waals surface area contributed by atoms with Crippen LogP contribution in [0.1, 0.15) is 11.3 Å². The molecule has 0 aliphatic rings. The Kier molecular flexibility index (Phi) is 4.38. The van der Waals surface area contributed by atoms with Gasteiger partial charge in [0.2, 0.25) is 0 Å². The van der Waals surface area contributed by atoms with E-state index in [-0.39, 0.29) is 6.42 Å². The van der Waals surface area contributed by atoms with E-state index < -0.39 is 5.97 Å². The van der Waals surface area contributed by atoms with Crippen LogP contribution in [-0.2, 0) is 17.8 Å². The molecule has 0 spiro atoms. The quantitative estimate of drug-likeness (QED) is 0.760. The van der Waals surface area contributed by atoms with Crippen LogP contribution in [0.15, 0.2) is 66.9 Å². The second kappa shape index (κ2) is 6.79. The summed E-state index contributed by atoms with van der Waals surface area (Å²) in [5.41, 5.74) is 2.57. The summed E-state index contributed by atoms with van der Waals surface area (Å²) in [5.74, 6) is -0.154. The zero-order chi connectivity index (χ0) is 16.1. The zero-order valence-corrected chi connectivity index (χ0v) is 12.4. The minimum atomic E-state index is -0.842. The molecular weight excluding hydrogens is 292 g/mol. The third-order valence-electron chi connectivity index (χ3n) is 3.33. The molecular formula is C18H16N2O3.